The van der Waals surface area contributed by atoms with Crippen LogP contribution < -0.4 is 4.90 Å². The average molecular weight is 385 g/mol. The van der Waals surface area contributed by atoms with Gasteiger partial charge in [0.15, 0.2) is 0 Å². The first-order valence-corrected chi connectivity index (χ1v) is 9.72. The minimum Gasteiger partial charge on any atom is -0.362 e. The summed E-state index contributed by atoms with van der Waals surface area (Å²) in [7, 11) is 0. The highest BCUT2D eigenvalue weighted by Gasteiger charge is 2.31. The Balaban J connectivity index is 2.05. The van der Waals surface area contributed by atoms with Crippen LogP contribution in [0.25, 0.3) is 5.57 Å². The van der Waals surface area contributed by atoms with Gasteiger partial charge in [-0.15, -0.1) is 0 Å². The fourth-order valence-electron chi connectivity index (χ4n) is 3.72. The zero-order valence-electron chi connectivity index (χ0n) is 16.6. The molecule has 1 aliphatic heterocycles. The highest BCUT2D eigenvalue weighted by Crippen LogP contribution is 2.40. The summed E-state index contributed by atoms with van der Waals surface area (Å²) in [6.45, 7) is 11.4. The van der Waals surface area contributed by atoms with Gasteiger partial charge in [0, 0.05) is 34.6 Å². The van der Waals surface area contributed by atoms with Crippen LogP contribution in [0, 0.1) is 12.7 Å². The standard InChI is InChI=1S/C23H26ClFN2/c1-6-10-27-22-12-20(25)17(11-18(22)15(2)13-23(27,4)5)14-26-21-9-7-8-19(24)16(21)3/h7-9,11-14H,6,10H2,1-5H3. The Kier molecular flexibility index (Phi) is 5.43. The Morgan fingerprint density at radius 3 is 2.67 bits per heavy atom. The number of aliphatic imine (C=N–C) groups is 1. The Labute approximate surface area is 166 Å². The third kappa shape index (κ3) is 3.79. The van der Waals surface area contributed by atoms with Gasteiger partial charge in [-0.3, -0.25) is 4.99 Å². The molecular weight excluding hydrogens is 359 g/mol. The Hall–Kier alpha value is -2.13. The second kappa shape index (κ2) is 7.47. The molecule has 4 heteroatoms. The normalized spacial score (nSPS) is 15.8. The largest absolute Gasteiger partial charge is 0.362 e. The minimum atomic E-state index is -0.260. The number of rotatable bonds is 4. The van der Waals surface area contributed by atoms with Crippen molar-refractivity contribution in [1.29, 1.82) is 0 Å². The van der Waals surface area contributed by atoms with E-state index < -0.39 is 0 Å². The maximum atomic E-state index is 14.9. The number of hydrogen-bond acceptors (Lipinski definition) is 2. The molecule has 0 N–H and O–H groups in total. The number of allylic oxidation sites excluding steroid dienone is 1. The lowest BCUT2D eigenvalue weighted by Gasteiger charge is -2.43. The first-order valence-electron chi connectivity index (χ1n) is 9.35. The molecule has 0 amide bonds. The predicted molar refractivity (Wildman–Crippen MR) is 115 cm³/mol. The summed E-state index contributed by atoms with van der Waals surface area (Å²) in [6, 6.07) is 9.11. The van der Waals surface area contributed by atoms with Crippen molar-refractivity contribution < 1.29 is 4.39 Å². The van der Waals surface area contributed by atoms with E-state index in [1.165, 1.54) is 0 Å². The van der Waals surface area contributed by atoms with E-state index in [0.29, 0.717) is 10.6 Å². The zero-order valence-corrected chi connectivity index (χ0v) is 17.4. The monoisotopic (exact) mass is 384 g/mol. The van der Waals surface area contributed by atoms with Gasteiger partial charge in [0.25, 0.3) is 0 Å². The highest BCUT2D eigenvalue weighted by molar-refractivity contribution is 6.31. The SMILES string of the molecule is CCCN1c2cc(F)c(C=Nc3cccc(Cl)c3C)cc2C(C)=CC1(C)C. The van der Waals surface area contributed by atoms with Gasteiger partial charge >= 0.3 is 0 Å². The fraction of sp³-hybridized carbons (Fsp3) is 0.348. The van der Waals surface area contributed by atoms with Gasteiger partial charge in [-0.1, -0.05) is 30.7 Å². The third-order valence-corrected chi connectivity index (χ3v) is 5.53. The molecule has 142 valence electrons. The van der Waals surface area contributed by atoms with E-state index in [0.717, 1.165) is 41.0 Å². The van der Waals surface area contributed by atoms with Crippen LogP contribution in [-0.4, -0.2) is 18.3 Å². The summed E-state index contributed by atoms with van der Waals surface area (Å²) >= 11 is 6.15. The lowest BCUT2D eigenvalue weighted by molar-refractivity contribution is 0.546. The Bertz CT molecular complexity index is 928. The summed E-state index contributed by atoms with van der Waals surface area (Å²) < 4.78 is 14.9. The lowest BCUT2D eigenvalue weighted by Crippen LogP contribution is -2.45. The summed E-state index contributed by atoms with van der Waals surface area (Å²) in [6.07, 6.45) is 4.85. The molecule has 0 bridgehead atoms. The van der Waals surface area contributed by atoms with Crippen LogP contribution in [0.1, 0.15) is 50.8 Å². The van der Waals surface area contributed by atoms with E-state index >= 15 is 0 Å². The summed E-state index contributed by atoms with van der Waals surface area (Å²) in [4.78, 5) is 6.75. The lowest BCUT2D eigenvalue weighted by atomic mass is 9.87. The van der Waals surface area contributed by atoms with Crippen molar-refractivity contribution in [3.63, 3.8) is 0 Å². The van der Waals surface area contributed by atoms with Crippen molar-refractivity contribution in [2.45, 2.75) is 46.6 Å². The molecule has 2 nitrogen and oxygen atoms in total. The number of anilines is 1. The molecule has 0 unspecified atom stereocenters. The topological polar surface area (TPSA) is 15.6 Å². The van der Waals surface area contributed by atoms with Crippen molar-refractivity contribution in [2.24, 2.45) is 4.99 Å². The van der Waals surface area contributed by atoms with Crippen LogP contribution >= 0.6 is 11.6 Å². The molecule has 27 heavy (non-hydrogen) atoms. The molecule has 1 aliphatic rings. The molecular formula is C23H26ClFN2. The van der Waals surface area contributed by atoms with Gasteiger partial charge < -0.3 is 4.90 Å². The molecule has 0 radical (unpaired) electrons. The Morgan fingerprint density at radius 2 is 1.96 bits per heavy atom. The van der Waals surface area contributed by atoms with Crippen molar-refractivity contribution in [1.82, 2.24) is 0 Å². The van der Waals surface area contributed by atoms with E-state index in [9.17, 15) is 4.39 Å². The summed E-state index contributed by atoms with van der Waals surface area (Å²) in [5.74, 6) is -0.260. The molecule has 1 heterocycles. The highest BCUT2D eigenvalue weighted by atomic mass is 35.5. The Morgan fingerprint density at radius 1 is 1.22 bits per heavy atom. The van der Waals surface area contributed by atoms with Crippen LogP contribution in [0.2, 0.25) is 5.02 Å². The number of benzene rings is 2. The number of hydrogen-bond donors (Lipinski definition) is 0. The molecule has 0 spiro atoms. The van der Waals surface area contributed by atoms with Gasteiger partial charge in [0.05, 0.1) is 11.2 Å². The van der Waals surface area contributed by atoms with E-state index in [2.05, 4.69) is 43.7 Å². The average Bonchev–Trinajstić information content (AvgIpc) is 2.60. The van der Waals surface area contributed by atoms with Crippen molar-refractivity contribution in [3.05, 3.63) is 63.9 Å². The molecule has 0 saturated carbocycles. The fourth-order valence-corrected chi connectivity index (χ4v) is 3.89. The predicted octanol–water partition coefficient (Wildman–Crippen LogP) is 6.95. The second-order valence-electron chi connectivity index (χ2n) is 7.67. The number of fused-ring (bicyclic) bond motifs is 1. The van der Waals surface area contributed by atoms with Gasteiger partial charge in [0.2, 0.25) is 0 Å². The van der Waals surface area contributed by atoms with E-state index in [1.807, 2.05) is 31.2 Å². The minimum absolute atomic E-state index is 0.132. The van der Waals surface area contributed by atoms with Gasteiger partial charge in [-0.05, 0) is 69.5 Å². The van der Waals surface area contributed by atoms with Crippen LogP contribution in [0.4, 0.5) is 15.8 Å². The molecule has 2 aromatic rings. The molecule has 0 aliphatic carbocycles. The van der Waals surface area contributed by atoms with Crippen molar-refractivity contribution in [2.75, 3.05) is 11.4 Å². The van der Waals surface area contributed by atoms with E-state index in [4.69, 9.17) is 11.6 Å². The van der Waals surface area contributed by atoms with Gasteiger partial charge in [-0.25, -0.2) is 4.39 Å². The van der Waals surface area contributed by atoms with Crippen LogP contribution in [-0.2, 0) is 0 Å². The molecule has 2 aromatic carbocycles. The van der Waals surface area contributed by atoms with Crippen molar-refractivity contribution in [3.8, 4) is 0 Å². The van der Waals surface area contributed by atoms with Crippen molar-refractivity contribution >= 4 is 34.8 Å². The first kappa shape index (κ1) is 19.6. The molecule has 0 atom stereocenters. The molecule has 3 rings (SSSR count). The van der Waals surface area contributed by atoms with E-state index in [1.54, 1.807) is 12.3 Å². The summed E-state index contributed by atoms with van der Waals surface area (Å²) in [5, 5.41) is 0.659. The second-order valence-corrected chi connectivity index (χ2v) is 8.07. The third-order valence-electron chi connectivity index (χ3n) is 5.13. The number of nitrogens with zero attached hydrogens (tertiary/aromatic N) is 2. The van der Waals surface area contributed by atoms with Crippen LogP contribution in [0.15, 0.2) is 41.4 Å². The van der Waals surface area contributed by atoms with Gasteiger partial charge in [-0.2, -0.15) is 0 Å². The molecule has 0 saturated heterocycles. The van der Waals surface area contributed by atoms with Crippen LogP contribution in [0.5, 0.6) is 0 Å². The molecule has 0 aromatic heterocycles. The molecule has 0 fully saturated rings. The van der Waals surface area contributed by atoms with E-state index in [-0.39, 0.29) is 11.4 Å². The maximum Gasteiger partial charge on any atom is 0.134 e. The zero-order chi connectivity index (χ0) is 19.8. The summed E-state index contributed by atoms with van der Waals surface area (Å²) in [5.41, 5.74) is 5.17. The van der Waals surface area contributed by atoms with Gasteiger partial charge in [0.1, 0.15) is 5.82 Å². The van der Waals surface area contributed by atoms with Crippen LogP contribution in [0.3, 0.4) is 0 Å². The number of halogens is 2. The first-order chi connectivity index (χ1) is 12.7. The maximum absolute atomic E-state index is 14.9. The quantitative estimate of drug-likeness (QED) is 0.520. The smallest absolute Gasteiger partial charge is 0.134 e.